The second-order valence-electron chi connectivity index (χ2n) is 5.40. The van der Waals surface area contributed by atoms with Gasteiger partial charge < -0.3 is 19.6 Å². The van der Waals surface area contributed by atoms with Crippen LogP contribution in [0, 0.1) is 6.92 Å². The lowest BCUT2D eigenvalue weighted by Gasteiger charge is -2.06. The summed E-state index contributed by atoms with van der Waals surface area (Å²) in [5, 5.41) is 2.47. The van der Waals surface area contributed by atoms with E-state index in [1.807, 2.05) is 6.92 Å². The topological polar surface area (TPSA) is 121 Å². The third kappa shape index (κ3) is 4.21. The van der Waals surface area contributed by atoms with Crippen LogP contribution in [0.5, 0.6) is 5.75 Å². The first-order valence-electron chi connectivity index (χ1n) is 7.90. The molecule has 0 atom stereocenters. The molecule has 0 radical (unpaired) electrons. The molecule has 8 heteroatoms. The Morgan fingerprint density at radius 1 is 1.15 bits per heavy atom. The van der Waals surface area contributed by atoms with Crippen LogP contribution in [-0.2, 0) is 16.0 Å². The van der Waals surface area contributed by atoms with Gasteiger partial charge in [-0.15, -0.1) is 0 Å². The van der Waals surface area contributed by atoms with Gasteiger partial charge in [0.25, 0.3) is 5.91 Å². The van der Waals surface area contributed by atoms with Gasteiger partial charge in [-0.1, -0.05) is 12.1 Å². The van der Waals surface area contributed by atoms with Crippen molar-refractivity contribution in [2.45, 2.75) is 20.3 Å². The number of rotatable bonds is 7. The van der Waals surface area contributed by atoms with Crippen molar-refractivity contribution in [1.82, 2.24) is 0 Å². The van der Waals surface area contributed by atoms with Gasteiger partial charge in [0, 0.05) is 0 Å². The van der Waals surface area contributed by atoms with Crippen LogP contribution < -0.4 is 15.8 Å². The molecule has 138 valence electrons. The van der Waals surface area contributed by atoms with Crippen LogP contribution in [0.15, 0.2) is 28.7 Å². The predicted molar refractivity (Wildman–Crippen MR) is 93.2 cm³/mol. The number of furan rings is 1. The Morgan fingerprint density at radius 2 is 1.81 bits per heavy atom. The summed E-state index contributed by atoms with van der Waals surface area (Å²) in [6.07, 6.45) is 0.0396. The van der Waals surface area contributed by atoms with Crippen molar-refractivity contribution in [3.63, 3.8) is 0 Å². The molecule has 8 nitrogen and oxygen atoms in total. The Bertz CT molecular complexity index is 823. The van der Waals surface area contributed by atoms with E-state index in [9.17, 15) is 14.4 Å². The molecule has 2 amide bonds. The molecule has 1 heterocycles. The van der Waals surface area contributed by atoms with E-state index in [-0.39, 0.29) is 29.2 Å². The lowest BCUT2D eigenvalue weighted by molar-refractivity contribution is -0.115. The average Bonchev–Trinajstić information content (AvgIpc) is 2.92. The minimum atomic E-state index is -0.904. The van der Waals surface area contributed by atoms with Gasteiger partial charge in [-0.2, -0.15) is 0 Å². The summed E-state index contributed by atoms with van der Waals surface area (Å²) < 4.78 is 15.3. The number of esters is 1. The molecule has 0 saturated heterocycles. The summed E-state index contributed by atoms with van der Waals surface area (Å²) in [5.41, 5.74) is 5.75. The highest BCUT2D eigenvalue weighted by Crippen LogP contribution is 2.27. The van der Waals surface area contributed by atoms with E-state index in [4.69, 9.17) is 14.9 Å². The zero-order valence-electron chi connectivity index (χ0n) is 14.8. The largest absolute Gasteiger partial charge is 0.494 e. The van der Waals surface area contributed by atoms with E-state index >= 15 is 0 Å². The maximum atomic E-state index is 12.3. The number of methoxy groups -OCH3 is 1. The van der Waals surface area contributed by atoms with Crippen LogP contribution in [0.1, 0.15) is 39.0 Å². The molecule has 2 rings (SSSR count). The monoisotopic (exact) mass is 360 g/mol. The first-order chi connectivity index (χ1) is 12.4. The zero-order valence-corrected chi connectivity index (χ0v) is 14.8. The predicted octanol–water partition coefficient (Wildman–Crippen LogP) is 2.05. The minimum Gasteiger partial charge on any atom is -0.494 e. The first kappa shape index (κ1) is 19.0. The molecule has 0 aliphatic heterocycles. The SMILES string of the molecule is CCOc1ccc(CC(=O)Nc2oc(C)c(C(=O)OC)c2C(N)=O)cc1. The second-order valence-corrected chi connectivity index (χ2v) is 5.40. The standard InChI is InChI=1S/C18H20N2O6/c1-4-25-12-7-5-11(6-8-12)9-13(21)20-17-15(16(19)22)14(10(2)26-17)18(23)24-3/h5-8H,4,9H2,1-3H3,(H2,19,22)(H,20,21). The van der Waals surface area contributed by atoms with Crippen molar-refractivity contribution in [3.05, 3.63) is 46.7 Å². The molecule has 3 N–H and O–H groups in total. The van der Waals surface area contributed by atoms with E-state index in [0.717, 1.165) is 5.56 Å². The van der Waals surface area contributed by atoms with E-state index in [1.165, 1.54) is 14.0 Å². The van der Waals surface area contributed by atoms with Crippen molar-refractivity contribution in [2.24, 2.45) is 5.73 Å². The molecule has 0 aliphatic rings. The molecule has 0 saturated carbocycles. The van der Waals surface area contributed by atoms with Crippen LogP contribution in [0.25, 0.3) is 0 Å². The van der Waals surface area contributed by atoms with Crippen LogP contribution in [0.2, 0.25) is 0 Å². The number of hydrogen-bond acceptors (Lipinski definition) is 6. The van der Waals surface area contributed by atoms with Crippen LogP contribution in [-0.4, -0.2) is 31.5 Å². The van der Waals surface area contributed by atoms with Crippen molar-refractivity contribution >= 4 is 23.7 Å². The van der Waals surface area contributed by atoms with Gasteiger partial charge in [-0.25, -0.2) is 4.79 Å². The lowest BCUT2D eigenvalue weighted by atomic mass is 10.1. The molecule has 26 heavy (non-hydrogen) atoms. The number of nitrogens with two attached hydrogens (primary N) is 1. The second kappa shape index (κ2) is 8.19. The van der Waals surface area contributed by atoms with Gasteiger partial charge in [0.1, 0.15) is 22.6 Å². The zero-order chi connectivity index (χ0) is 19.3. The summed E-state index contributed by atoms with van der Waals surface area (Å²) in [6, 6.07) is 7.03. The van der Waals surface area contributed by atoms with Crippen molar-refractivity contribution in [1.29, 1.82) is 0 Å². The molecule has 0 aliphatic carbocycles. The van der Waals surface area contributed by atoms with E-state index in [2.05, 4.69) is 10.1 Å². The molecular weight excluding hydrogens is 340 g/mol. The average molecular weight is 360 g/mol. The Labute approximate surface area is 150 Å². The molecule has 0 spiro atoms. The third-order valence-electron chi connectivity index (χ3n) is 3.57. The van der Waals surface area contributed by atoms with E-state index in [1.54, 1.807) is 24.3 Å². The molecule has 1 aromatic carbocycles. The molecule has 0 fully saturated rings. The normalized spacial score (nSPS) is 10.3. The van der Waals surface area contributed by atoms with Crippen molar-refractivity contribution in [2.75, 3.05) is 19.0 Å². The Balaban J connectivity index is 2.18. The number of aryl methyl sites for hydroxylation is 1. The third-order valence-corrected chi connectivity index (χ3v) is 3.57. The number of anilines is 1. The van der Waals surface area contributed by atoms with E-state index < -0.39 is 17.8 Å². The summed E-state index contributed by atoms with van der Waals surface area (Å²) in [7, 11) is 1.17. The van der Waals surface area contributed by atoms with Crippen LogP contribution in [0.4, 0.5) is 5.88 Å². The fourth-order valence-corrected chi connectivity index (χ4v) is 2.44. The quantitative estimate of drug-likeness (QED) is 0.729. The number of nitrogens with one attached hydrogen (secondary N) is 1. The highest BCUT2D eigenvalue weighted by molar-refractivity contribution is 6.10. The van der Waals surface area contributed by atoms with Gasteiger partial charge in [0.05, 0.1) is 20.1 Å². The summed E-state index contributed by atoms with van der Waals surface area (Å²) >= 11 is 0. The fourth-order valence-electron chi connectivity index (χ4n) is 2.44. The molecule has 1 aromatic heterocycles. The Kier molecular flexibility index (Phi) is 6.00. The van der Waals surface area contributed by atoms with Gasteiger partial charge in [0.15, 0.2) is 0 Å². The smallest absolute Gasteiger partial charge is 0.342 e. The number of benzene rings is 1. The Morgan fingerprint density at radius 3 is 2.35 bits per heavy atom. The Hall–Kier alpha value is -3.29. The maximum Gasteiger partial charge on any atom is 0.342 e. The maximum absolute atomic E-state index is 12.3. The van der Waals surface area contributed by atoms with Gasteiger partial charge in [0.2, 0.25) is 11.8 Å². The highest BCUT2D eigenvalue weighted by atomic mass is 16.5. The number of carbonyl (C=O) groups excluding carboxylic acids is 3. The molecule has 2 aromatic rings. The number of hydrogen-bond donors (Lipinski definition) is 2. The number of ether oxygens (including phenoxy) is 2. The fraction of sp³-hybridized carbons (Fsp3) is 0.278. The van der Waals surface area contributed by atoms with Crippen LogP contribution >= 0.6 is 0 Å². The number of carbonyl (C=O) groups is 3. The van der Waals surface area contributed by atoms with E-state index in [0.29, 0.717) is 12.4 Å². The molecular formula is C18H20N2O6. The first-order valence-corrected chi connectivity index (χ1v) is 7.90. The summed E-state index contributed by atoms with van der Waals surface area (Å²) in [5.74, 6) is -1.45. The minimum absolute atomic E-state index is 0.0396. The number of amides is 2. The molecule has 0 unspecified atom stereocenters. The van der Waals surface area contributed by atoms with Gasteiger partial charge in [-0.3, -0.25) is 14.9 Å². The number of primary amides is 1. The molecule has 0 bridgehead atoms. The van der Waals surface area contributed by atoms with Crippen molar-refractivity contribution in [3.8, 4) is 5.75 Å². The van der Waals surface area contributed by atoms with Gasteiger partial charge >= 0.3 is 5.97 Å². The van der Waals surface area contributed by atoms with Crippen molar-refractivity contribution < 1.29 is 28.3 Å². The summed E-state index contributed by atoms with van der Waals surface area (Å²) in [6.45, 7) is 3.91. The van der Waals surface area contributed by atoms with Gasteiger partial charge in [-0.05, 0) is 31.5 Å². The summed E-state index contributed by atoms with van der Waals surface area (Å²) in [4.78, 5) is 35.8. The highest BCUT2D eigenvalue weighted by Gasteiger charge is 2.28. The lowest BCUT2D eigenvalue weighted by Crippen LogP contribution is -2.20. The van der Waals surface area contributed by atoms with Crippen LogP contribution in [0.3, 0.4) is 0 Å².